The number of rotatable bonds is 2. The standard InChI is InChI=1S/C7H7BF2N2O2/c9-7(10)1-5(7)6-11-2-4(3-12-6)8(13)14/h2-3,5,13-14H,1H2. The molecule has 0 saturated heterocycles. The van der Waals surface area contributed by atoms with Crippen molar-refractivity contribution in [2.24, 2.45) is 0 Å². The van der Waals surface area contributed by atoms with Crippen LogP contribution in [0.25, 0.3) is 0 Å². The van der Waals surface area contributed by atoms with E-state index in [0.717, 1.165) is 12.4 Å². The number of nitrogens with zero attached hydrogens (tertiary/aromatic N) is 2. The Morgan fingerprint density at radius 3 is 2.21 bits per heavy atom. The van der Waals surface area contributed by atoms with E-state index in [-0.39, 0.29) is 17.7 Å². The van der Waals surface area contributed by atoms with Gasteiger partial charge in [-0.15, -0.1) is 0 Å². The van der Waals surface area contributed by atoms with Crippen LogP contribution in [0.15, 0.2) is 12.4 Å². The van der Waals surface area contributed by atoms with E-state index in [9.17, 15) is 8.78 Å². The molecule has 0 radical (unpaired) electrons. The second-order valence-electron chi connectivity index (χ2n) is 3.27. The van der Waals surface area contributed by atoms with E-state index in [0.29, 0.717) is 0 Å². The van der Waals surface area contributed by atoms with E-state index >= 15 is 0 Å². The molecule has 1 aromatic rings. The summed E-state index contributed by atoms with van der Waals surface area (Å²) in [5.74, 6) is -3.55. The third kappa shape index (κ3) is 1.60. The molecule has 1 aliphatic carbocycles. The van der Waals surface area contributed by atoms with Crippen molar-refractivity contribution in [1.29, 1.82) is 0 Å². The van der Waals surface area contributed by atoms with Gasteiger partial charge in [0.15, 0.2) is 0 Å². The van der Waals surface area contributed by atoms with Crippen molar-refractivity contribution in [3.63, 3.8) is 0 Å². The molecule has 1 unspecified atom stereocenters. The largest absolute Gasteiger partial charge is 0.491 e. The molecule has 1 aliphatic rings. The molecule has 0 aromatic carbocycles. The van der Waals surface area contributed by atoms with Gasteiger partial charge < -0.3 is 10.0 Å². The first-order valence-electron chi connectivity index (χ1n) is 4.06. The zero-order valence-electron chi connectivity index (χ0n) is 7.06. The third-order valence-corrected chi connectivity index (χ3v) is 2.13. The molecule has 0 aliphatic heterocycles. The van der Waals surface area contributed by atoms with Crippen molar-refractivity contribution < 1.29 is 18.8 Å². The fourth-order valence-electron chi connectivity index (χ4n) is 1.15. The van der Waals surface area contributed by atoms with Crippen molar-refractivity contribution in [3.8, 4) is 0 Å². The van der Waals surface area contributed by atoms with E-state index in [1.165, 1.54) is 0 Å². The molecule has 74 valence electrons. The Morgan fingerprint density at radius 2 is 1.86 bits per heavy atom. The molecule has 14 heavy (non-hydrogen) atoms. The predicted octanol–water partition coefficient (Wildman–Crippen LogP) is -0.721. The summed E-state index contributed by atoms with van der Waals surface area (Å²) >= 11 is 0. The van der Waals surface area contributed by atoms with Crippen LogP contribution in [0.2, 0.25) is 0 Å². The summed E-state index contributed by atoms with van der Waals surface area (Å²) in [5.41, 5.74) is 0.0951. The van der Waals surface area contributed by atoms with Gasteiger partial charge in [-0.1, -0.05) is 0 Å². The number of hydrogen-bond donors (Lipinski definition) is 2. The van der Waals surface area contributed by atoms with Crippen molar-refractivity contribution in [1.82, 2.24) is 9.97 Å². The lowest BCUT2D eigenvalue weighted by Gasteiger charge is -2.00. The molecule has 0 bridgehead atoms. The van der Waals surface area contributed by atoms with E-state index < -0.39 is 19.0 Å². The van der Waals surface area contributed by atoms with Gasteiger partial charge in [-0.2, -0.15) is 0 Å². The summed E-state index contributed by atoms with van der Waals surface area (Å²) in [6, 6.07) is 0. The Balaban J connectivity index is 2.16. The number of hydrogen-bond acceptors (Lipinski definition) is 4. The molecule has 4 nitrogen and oxygen atoms in total. The quantitative estimate of drug-likeness (QED) is 0.618. The van der Waals surface area contributed by atoms with Crippen LogP contribution in [0.5, 0.6) is 0 Å². The molecule has 1 atom stereocenters. The summed E-state index contributed by atoms with van der Waals surface area (Å²) in [7, 11) is -1.66. The Morgan fingerprint density at radius 1 is 1.36 bits per heavy atom. The van der Waals surface area contributed by atoms with Crippen LogP contribution >= 0.6 is 0 Å². The normalized spacial score (nSPS) is 23.3. The summed E-state index contributed by atoms with van der Waals surface area (Å²) in [6.45, 7) is 0. The summed E-state index contributed by atoms with van der Waals surface area (Å²) in [5, 5.41) is 17.4. The van der Waals surface area contributed by atoms with Gasteiger partial charge in [0.25, 0.3) is 5.92 Å². The highest BCUT2D eigenvalue weighted by Gasteiger charge is 2.59. The van der Waals surface area contributed by atoms with Crippen LogP contribution in [0, 0.1) is 0 Å². The molecular weight excluding hydrogens is 193 g/mol. The first-order valence-corrected chi connectivity index (χ1v) is 4.06. The summed E-state index contributed by atoms with van der Waals surface area (Å²) in [6.07, 6.45) is 2.05. The topological polar surface area (TPSA) is 66.2 Å². The summed E-state index contributed by atoms with van der Waals surface area (Å²) in [4.78, 5) is 7.29. The lowest BCUT2D eigenvalue weighted by Crippen LogP contribution is -2.30. The molecule has 0 spiro atoms. The Hall–Kier alpha value is -1.08. The average molecular weight is 200 g/mol. The van der Waals surface area contributed by atoms with E-state index in [2.05, 4.69) is 9.97 Å². The molecule has 1 heterocycles. The number of aromatic nitrogens is 2. The Kier molecular flexibility index (Phi) is 2.00. The van der Waals surface area contributed by atoms with Crippen LogP contribution in [0.4, 0.5) is 8.78 Å². The highest BCUT2D eigenvalue weighted by molar-refractivity contribution is 6.58. The van der Waals surface area contributed by atoms with E-state index in [4.69, 9.17) is 10.0 Å². The molecule has 2 rings (SSSR count). The van der Waals surface area contributed by atoms with Gasteiger partial charge in [0.05, 0.1) is 5.92 Å². The zero-order chi connectivity index (χ0) is 10.3. The minimum atomic E-state index is -2.70. The van der Waals surface area contributed by atoms with Crippen molar-refractivity contribution in [2.45, 2.75) is 18.3 Å². The molecule has 0 amide bonds. The molecule has 2 N–H and O–H groups in total. The molecule has 7 heteroatoms. The van der Waals surface area contributed by atoms with Crippen LogP contribution in [0.1, 0.15) is 18.2 Å². The fourth-order valence-corrected chi connectivity index (χ4v) is 1.15. The highest BCUT2D eigenvalue weighted by atomic mass is 19.3. The number of halogens is 2. The minimum Gasteiger partial charge on any atom is -0.423 e. The molecule has 1 fully saturated rings. The second-order valence-corrected chi connectivity index (χ2v) is 3.27. The van der Waals surface area contributed by atoms with Gasteiger partial charge in [-0.25, -0.2) is 18.7 Å². The maximum Gasteiger partial charge on any atom is 0.491 e. The molecule has 1 aromatic heterocycles. The summed E-state index contributed by atoms with van der Waals surface area (Å²) < 4.78 is 25.1. The maximum absolute atomic E-state index is 12.6. The first-order chi connectivity index (χ1) is 6.50. The van der Waals surface area contributed by atoms with Crippen molar-refractivity contribution in [2.75, 3.05) is 0 Å². The third-order valence-electron chi connectivity index (χ3n) is 2.13. The zero-order valence-corrected chi connectivity index (χ0v) is 7.06. The Bertz CT molecular complexity index is 344. The smallest absolute Gasteiger partial charge is 0.423 e. The van der Waals surface area contributed by atoms with Crippen molar-refractivity contribution in [3.05, 3.63) is 18.2 Å². The van der Waals surface area contributed by atoms with Gasteiger partial charge >= 0.3 is 7.12 Å². The monoisotopic (exact) mass is 200 g/mol. The highest BCUT2D eigenvalue weighted by Crippen LogP contribution is 2.54. The Labute approximate surface area is 78.8 Å². The molecule has 1 saturated carbocycles. The minimum absolute atomic E-state index is 0.0550. The lowest BCUT2D eigenvalue weighted by molar-refractivity contribution is 0.111. The van der Waals surface area contributed by atoms with E-state index in [1.54, 1.807) is 0 Å². The van der Waals surface area contributed by atoms with Crippen LogP contribution in [-0.2, 0) is 0 Å². The second kappa shape index (κ2) is 2.96. The van der Waals surface area contributed by atoms with E-state index in [1.807, 2.05) is 0 Å². The average Bonchev–Trinajstić information content (AvgIpc) is 2.75. The lowest BCUT2D eigenvalue weighted by atomic mass is 9.83. The predicted molar refractivity (Wildman–Crippen MR) is 44.2 cm³/mol. The number of alkyl halides is 2. The van der Waals surface area contributed by atoms with Crippen LogP contribution < -0.4 is 5.46 Å². The molecular formula is C7H7BF2N2O2. The fraction of sp³-hybridized carbons (Fsp3) is 0.429. The van der Waals surface area contributed by atoms with Gasteiger partial charge in [0.2, 0.25) is 0 Å². The maximum atomic E-state index is 12.6. The van der Waals surface area contributed by atoms with Crippen molar-refractivity contribution >= 4 is 12.6 Å². The SMILES string of the molecule is OB(O)c1cnc(C2CC2(F)F)nc1. The van der Waals surface area contributed by atoms with Crippen LogP contribution in [-0.4, -0.2) is 33.1 Å². The first kappa shape index (κ1) is 9.48. The van der Waals surface area contributed by atoms with Gasteiger partial charge in [-0.05, 0) is 0 Å². The van der Waals surface area contributed by atoms with Gasteiger partial charge in [0.1, 0.15) is 5.82 Å². The van der Waals surface area contributed by atoms with Crippen LogP contribution in [0.3, 0.4) is 0 Å². The van der Waals surface area contributed by atoms with Gasteiger partial charge in [-0.3, -0.25) is 0 Å². The van der Waals surface area contributed by atoms with Gasteiger partial charge in [0, 0.05) is 24.3 Å².